The van der Waals surface area contributed by atoms with Gasteiger partial charge < -0.3 is 25.0 Å². The summed E-state index contributed by atoms with van der Waals surface area (Å²) in [5.74, 6) is 2.29. The number of halogens is 1. The van der Waals surface area contributed by atoms with Gasteiger partial charge in [0.1, 0.15) is 11.5 Å². The summed E-state index contributed by atoms with van der Waals surface area (Å²) in [6.07, 6.45) is 1.35. The number of hydrogen-bond acceptors (Lipinski definition) is 4. The van der Waals surface area contributed by atoms with E-state index in [0.29, 0.717) is 26.1 Å². The summed E-state index contributed by atoms with van der Waals surface area (Å²) in [5.41, 5.74) is 1.02. The molecule has 148 valence electrons. The predicted octanol–water partition coefficient (Wildman–Crippen LogP) is 2.25. The van der Waals surface area contributed by atoms with Crippen LogP contribution in [0.1, 0.15) is 25.3 Å². The van der Waals surface area contributed by atoms with E-state index in [1.54, 1.807) is 21.3 Å². The second-order valence-electron chi connectivity index (χ2n) is 5.61. The highest BCUT2D eigenvalue weighted by atomic mass is 127. The fraction of sp³-hybridized carbons (Fsp3) is 0.556. The number of carbonyl (C=O) groups is 1. The molecule has 0 fully saturated rings. The largest absolute Gasteiger partial charge is 0.497 e. The first-order chi connectivity index (χ1) is 12.0. The Kier molecular flexibility index (Phi) is 12.6. The van der Waals surface area contributed by atoms with E-state index in [9.17, 15) is 4.79 Å². The summed E-state index contributed by atoms with van der Waals surface area (Å²) in [6.45, 7) is 3.90. The first-order valence-corrected chi connectivity index (χ1v) is 8.45. The maximum absolute atomic E-state index is 11.6. The number of rotatable bonds is 9. The fourth-order valence-corrected chi connectivity index (χ4v) is 2.34. The number of methoxy groups -OCH3 is 2. The average Bonchev–Trinajstić information content (AvgIpc) is 2.63. The van der Waals surface area contributed by atoms with Crippen LogP contribution in [0.25, 0.3) is 0 Å². The minimum atomic E-state index is 0. The number of amides is 1. The summed E-state index contributed by atoms with van der Waals surface area (Å²) in [7, 11) is 6.93. The molecule has 0 aliphatic heterocycles. The molecule has 0 spiro atoms. The van der Waals surface area contributed by atoms with Gasteiger partial charge >= 0.3 is 0 Å². The lowest BCUT2D eigenvalue weighted by atomic mass is 10.2. The van der Waals surface area contributed by atoms with Crippen molar-refractivity contribution in [3.63, 3.8) is 0 Å². The van der Waals surface area contributed by atoms with E-state index in [2.05, 4.69) is 15.6 Å². The molecule has 0 saturated carbocycles. The molecule has 0 aliphatic carbocycles. The van der Waals surface area contributed by atoms with Crippen LogP contribution in [0.4, 0.5) is 0 Å². The quantitative estimate of drug-likeness (QED) is 0.324. The van der Waals surface area contributed by atoms with Crippen LogP contribution in [0, 0.1) is 0 Å². The molecule has 2 N–H and O–H groups in total. The van der Waals surface area contributed by atoms with Gasteiger partial charge in [-0.2, -0.15) is 0 Å². The number of benzene rings is 1. The van der Waals surface area contributed by atoms with Crippen molar-refractivity contribution in [2.24, 2.45) is 4.99 Å². The van der Waals surface area contributed by atoms with Crippen molar-refractivity contribution in [1.29, 1.82) is 0 Å². The van der Waals surface area contributed by atoms with Gasteiger partial charge in [-0.25, -0.2) is 0 Å². The smallest absolute Gasteiger partial charge is 0.221 e. The van der Waals surface area contributed by atoms with Gasteiger partial charge in [-0.1, -0.05) is 6.92 Å². The number of ether oxygens (including phenoxy) is 2. The van der Waals surface area contributed by atoms with Crippen LogP contribution in [-0.4, -0.2) is 58.2 Å². The highest BCUT2D eigenvalue weighted by Gasteiger charge is 2.11. The number of hydrogen-bond donors (Lipinski definition) is 2. The van der Waals surface area contributed by atoms with Crippen LogP contribution >= 0.6 is 24.0 Å². The van der Waals surface area contributed by atoms with Gasteiger partial charge in [0.2, 0.25) is 5.91 Å². The maximum Gasteiger partial charge on any atom is 0.221 e. The zero-order valence-corrected chi connectivity index (χ0v) is 18.6. The standard InChI is InChI=1S/C18H30N4O3.HI/c1-6-10-20-17(23)9-11-21-18(19-2)22(3)13-14-7-8-15(24-4)12-16(14)25-5;/h7-8,12H,6,9-11,13H2,1-5H3,(H,19,21)(H,20,23);1H. The minimum Gasteiger partial charge on any atom is -0.497 e. The lowest BCUT2D eigenvalue weighted by molar-refractivity contribution is -0.120. The molecule has 0 saturated heterocycles. The Hall–Kier alpha value is -1.71. The highest BCUT2D eigenvalue weighted by molar-refractivity contribution is 14.0. The second kappa shape index (κ2) is 13.5. The summed E-state index contributed by atoms with van der Waals surface area (Å²) in [6, 6.07) is 5.73. The molecule has 8 heteroatoms. The van der Waals surface area contributed by atoms with Gasteiger partial charge in [-0.05, 0) is 18.6 Å². The van der Waals surface area contributed by atoms with Gasteiger partial charge in [0.05, 0.1) is 14.2 Å². The molecule has 0 unspecified atom stereocenters. The third-order valence-corrected chi connectivity index (χ3v) is 3.68. The molecule has 1 rings (SSSR count). The Balaban J connectivity index is 0.00000625. The molecule has 0 bridgehead atoms. The van der Waals surface area contributed by atoms with E-state index in [1.165, 1.54) is 0 Å². The lowest BCUT2D eigenvalue weighted by Gasteiger charge is -2.23. The van der Waals surface area contributed by atoms with E-state index in [1.807, 2.05) is 37.1 Å². The molecule has 0 radical (unpaired) electrons. The number of guanidine groups is 1. The topological polar surface area (TPSA) is 75.2 Å². The van der Waals surface area contributed by atoms with Crippen LogP contribution in [0.15, 0.2) is 23.2 Å². The van der Waals surface area contributed by atoms with E-state index >= 15 is 0 Å². The van der Waals surface area contributed by atoms with E-state index in [-0.39, 0.29) is 29.9 Å². The molecular formula is C18H31IN4O3. The molecule has 1 aromatic rings. The van der Waals surface area contributed by atoms with Crippen molar-refractivity contribution >= 4 is 35.8 Å². The van der Waals surface area contributed by atoms with Crippen molar-refractivity contribution in [3.05, 3.63) is 23.8 Å². The molecule has 0 aromatic heterocycles. The normalized spacial score (nSPS) is 10.6. The number of carbonyl (C=O) groups excluding carboxylic acids is 1. The Bertz CT molecular complexity index is 582. The van der Waals surface area contributed by atoms with Crippen LogP contribution in [-0.2, 0) is 11.3 Å². The molecule has 0 atom stereocenters. The SMILES string of the molecule is CCCNC(=O)CCNC(=NC)N(C)Cc1ccc(OC)cc1OC.I. The summed E-state index contributed by atoms with van der Waals surface area (Å²) >= 11 is 0. The Morgan fingerprint density at radius 3 is 2.50 bits per heavy atom. The highest BCUT2D eigenvalue weighted by Crippen LogP contribution is 2.25. The molecule has 1 amide bonds. The Morgan fingerprint density at radius 2 is 1.92 bits per heavy atom. The summed E-state index contributed by atoms with van der Waals surface area (Å²) < 4.78 is 10.7. The van der Waals surface area contributed by atoms with Gasteiger partial charge in [-0.15, -0.1) is 24.0 Å². The number of nitrogens with one attached hydrogen (secondary N) is 2. The van der Waals surface area contributed by atoms with Crippen LogP contribution in [0.5, 0.6) is 11.5 Å². The Morgan fingerprint density at radius 1 is 1.19 bits per heavy atom. The third kappa shape index (κ3) is 8.11. The number of aliphatic imine (C=N–C) groups is 1. The van der Waals surface area contributed by atoms with E-state index < -0.39 is 0 Å². The van der Waals surface area contributed by atoms with Gasteiger partial charge in [-0.3, -0.25) is 9.79 Å². The monoisotopic (exact) mass is 478 g/mol. The first kappa shape index (κ1) is 24.3. The lowest BCUT2D eigenvalue weighted by Crippen LogP contribution is -2.40. The zero-order valence-electron chi connectivity index (χ0n) is 16.3. The van der Waals surface area contributed by atoms with E-state index in [4.69, 9.17) is 9.47 Å². The molecule has 0 aliphatic rings. The second-order valence-corrected chi connectivity index (χ2v) is 5.61. The van der Waals surface area contributed by atoms with Crippen LogP contribution in [0.3, 0.4) is 0 Å². The van der Waals surface area contributed by atoms with Crippen LogP contribution in [0.2, 0.25) is 0 Å². The maximum atomic E-state index is 11.6. The molecule has 1 aromatic carbocycles. The molecule has 7 nitrogen and oxygen atoms in total. The van der Waals surface area contributed by atoms with Crippen molar-refractivity contribution < 1.29 is 14.3 Å². The van der Waals surface area contributed by atoms with E-state index in [0.717, 1.165) is 29.4 Å². The zero-order chi connectivity index (χ0) is 18.7. The predicted molar refractivity (Wildman–Crippen MR) is 116 cm³/mol. The minimum absolute atomic E-state index is 0. The molecule has 0 heterocycles. The van der Waals surface area contributed by atoms with Crippen molar-refractivity contribution in [1.82, 2.24) is 15.5 Å². The van der Waals surface area contributed by atoms with Crippen LogP contribution < -0.4 is 20.1 Å². The Labute approximate surface area is 173 Å². The van der Waals surface area contributed by atoms with Crippen molar-refractivity contribution in [2.45, 2.75) is 26.3 Å². The fourth-order valence-electron chi connectivity index (χ4n) is 2.34. The van der Waals surface area contributed by atoms with Gasteiger partial charge in [0.15, 0.2) is 5.96 Å². The van der Waals surface area contributed by atoms with Gasteiger partial charge in [0, 0.05) is 51.8 Å². The average molecular weight is 478 g/mol. The molecular weight excluding hydrogens is 447 g/mol. The first-order valence-electron chi connectivity index (χ1n) is 8.45. The molecule has 26 heavy (non-hydrogen) atoms. The van der Waals surface area contributed by atoms with Crippen molar-refractivity contribution in [2.75, 3.05) is 41.4 Å². The van der Waals surface area contributed by atoms with Gasteiger partial charge in [0.25, 0.3) is 0 Å². The van der Waals surface area contributed by atoms with Crippen molar-refractivity contribution in [3.8, 4) is 11.5 Å². The third-order valence-electron chi connectivity index (χ3n) is 3.68. The summed E-state index contributed by atoms with van der Waals surface area (Å²) in [5, 5.41) is 6.06. The number of nitrogens with zero attached hydrogens (tertiary/aromatic N) is 2. The summed E-state index contributed by atoms with van der Waals surface area (Å²) in [4.78, 5) is 17.9.